The summed E-state index contributed by atoms with van der Waals surface area (Å²) in [6, 6.07) is 4.76. The number of rotatable bonds is 3. The summed E-state index contributed by atoms with van der Waals surface area (Å²) in [5.74, 6) is 0.180. The van der Waals surface area contributed by atoms with E-state index in [1.807, 2.05) is 0 Å². The predicted molar refractivity (Wildman–Crippen MR) is 63.1 cm³/mol. The zero-order valence-corrected chi connectivity index (χ0v) is 9.69. The van der Waals surface area contributed by atoms with E-state index in [1.165, 1.54) is 7.11 Å². The second-order valence-corrected chi connectivity index (χ2v) is 3.85. The van der Waals surface area contributed by atoms with Crippen molar-refractivity contribution in [1.82, 2.24) is 14.8 Å². The van der Waals surface area contributed by atoms with E-state index in [1.54, 1.807) is 18.2 Å². The lowest BCUT2D eigenvalue weighted by Crippen LogP contribution is -2.12. The third-order valence-corrected chi connectivity index (χ3v) is 2.46. The molecule has 0 spiro atoms. The highest BCUT2D eigenvalue weighted by molar-refractivity contribution is 7.09. The number of ether oxygens (including phenoxy) is 1. The lowest BCUT2D eigenvalue weighted by Gasteiger charge is -2.05. The number of aromatic nitrogens is 3. The number of nitrogen functional groups attached to an aromatic ring is 1. The summed E-state index contributed by atoms with van der Waals surface area (Å²) in [5, 5.41) is 9.86. The van der Waals surface area contributed by atoms with E-state index >= 15 is 0 Å². The molecule has 1 aromatic carbocycles. The highest BCUT2D eigenvalue weighted by atomic mass is 32.1. The molecule has 7 nitrogen and oxygen atoms in total. The fraction of sp³-hybridized carbons (Fsp3) is 0.111. The second kappa shape index (κ2) is 4.74. The zero-order chi connectivity index (χ0) is 12.3. The van der Waals surface area contributed by atoms with E-state index in [0.29, 0.717) is 22.1 Å². The van der Waals surface area contributed by atoms with Gasteiger partial charge in [0.25, 0.3) is 5.91 Å². The molecule has 0 saturated heterocycles. The van der Waals surface area contributed by atoms with E-state index in [-0.39, 0.29) is 5.91 Å². The van der Waals surface area contributed by atoms with E-state index in [9.17, 15) is 4.79 Å². The van der Waals surface area contributed by atoms with Gasteiger partial charge in [0.05, 0.1) is 7.11 Å². The number of benzene rings is 1. The first kappa shape index (κ1) is 11.3. The number of hydrogen-bond donors (Lipinski definition) is 2. The van der Waals surface area contributed by atoms with Crippen molar-refractivity contribution < 1.29 is 9.53 Å². The van der Waals surface area contributed by atoms with Crippen LogP contribution in [-0.2, 0) is 0 Å². The van der Waals surface area contributed by atoms with Crippen LogP contribution in [0.4, 0.5) is 10.8 Å². The quantitative estimate of drug-likeness (QED) is 0.781. The minimum absolute atomic E-state index is 0.330. The van der Waals surface area contributed by atoms with E-state index < -0.39 is 0 Å². The Kier molecular flexibility index (Phi) is 3.15. The summed E-state index contributed by atoms with van der Waals surface area (Å²) >= 11 is 0.993. The molecule has 1 amide bonds. The van der Waals surface area contributed by atoms with Gasteiger partial charge >= 0.3 is 0 Å². The van der Waals surface area contributed by atoms with Gasteiger partial charge in [0.1, 0.15) is 5.75 Å². The first-order valence-corrected chi connectivity index (χ1v) is 5.37. The van der Waals surface area contributed by atoms with Gasteiger partial charge in [-0.2, -0.15) is 0 Å². The maximum Gasteiger partial charge on any atom is 0.257 e. The fourth-order valence-electron chi connectivity index (χ4n) is 1.22. The zero-order valence-electron chi connectivity index (χ0n) is 8.88. The standard InChI is InChI=1S/C9H9N5O2S/c1-16-7-3-5(2-6(10)4-7)8(15)11-9-12-13-14-17-9/h2-4H,10H2,1H3,(H,11,12,14,15). The van der Waals surface area contributed by atoms with Crippen LogP contribution in [0.5, 0.6) is 5.75 Å². The van der Waals surface area contributed by atoms with Crippen LogP contribution in [0, 0.1) is 0 Å². The molecule has 8 heteroatoms. The van der Waals surface area contributed by atoms with E-state index in [2.05, 4.69) is 20.1 Å². The van der Waals surface area contributed by atoms with Crippen LogP contribution in [0.15, 0.2) is 18.2 Å². The third kappa shape index (κ3) is 2.67. The van der Waals surface area contributed by atoms with Gasteiger partial charge in [-0.3, -0.25) is 10.1 Å². The number of nitrogens with two attached hydrogens (primary N) is 1. The maximum absolute atomic E-state index is 11.8. The van der Waals surface area contributed by atoms with Gasteiger partial charge < -0.3 is 10.5 Å². The van der Waals surface area contributed by atoms with E-state index in [0.717, 1.165) is 11.5 Å². The Hall–Kier alpha value is -2.22. The second-order valence-electron chi connectivity index (χ2n) is 3.12. The molecule has 0 aliphatic heterocycles. The molecule has 0 aliphatic carbocycles. The summed E-state index contributed by atoms with van der Waals surface area (Å²) in [5.41, 5.74) is 6.48. The van der Waals surface area contributed by atoms with Crippen molar-refractivity contribution in [2.45, 2.75) is 0 Å². The minimum Gasteiger partial charge on any atom is -0.497 e. The topological polar surface area (TPSA) is 103 Å². The molecule has 1 heterocycles. The van der Waals surface area contributed by atoms with Crippen LogP contribution in [0.1, 0.15) is 10.4 Å². The smallest absolute Gasteiger partial charge is 0.257 e. The number of carbonyl (C=O) groups excluding carboxylic acids is 1. The average Bonchev–Trinajstić information content (AvgIpc) is 2.81. The Bertz CT molecular complexity index is 528. The molecule has 3 N–H and O–H groups in total. The number of carbonyl (C=O) groups is 1. The summed E-state index contributed by atoms with van der Waals surface area (Å²) in [4.78, 5) is 11.8. The highest BCUT2D eigenvalue weighted by Gasteiger charge is 2.10. The Labute approximate surface area is 101 Å². The normalized spacial score (nSPS) is 9.94. The fourth-order valence-corrected chi connectivity index (χ4v) is 1.58. The van der Waals surface area contributed by atoms with Crippen LogP contribution in [0.2, 0.25) is 0 Å². The summed E-state index contributed by atoms with van der Waals surface area (Å²) in [6.07, 6.45) is 0. The lowest BCUT2D eigenvalue weighted by molar-refractivity contribution is 0.102. The van der Waals surface area contributed by atoms with Crippen molar-refractivity contribution >= 4 is 28.3 Å². The summed E-state index contributed by atoms with van der Waals surface area (Å²) < 4.78 is 8.56. The average molecular weight is 251 g/mol. The molecular formula is C9H9N5O2S. The Morgan fingerprint density at radius 1 is 1.47 bits per heavy atom. The molecule has 2 rings (SSSR count). The lowest BCUT2D eigenvalue weighted by atomic mass is 10.2. The molecule has 0 radical (unpaired) electrons. The van der Waals surface area contributed by atoms with Gasteiger partial charge in [0.15, 0.2) is 0 Å². The largest absolute Gasteiger partial charge is 0.497 e. The minimum atomic E-state index is -0.339. The van der Waals surface area contributed by atoms with Crippen molar-refractivity contribution in [3.63, 3.8) is 0 Å². The number of nitrogens with zero attached hydrogens (tertiary/aromatic N) is 3. The number of amides is 1. The molecule has 0 aliphatic rings. The van der Waals surface area contributed by atoms with Gasteiger partial charge in [0.2, 0.25) is 5.13 Å². The van der Waals surface area contributed by atoms with Crippen LogP contribution < -0.4 is 15.8 Å². The third-order valence-electron chi connectivity index (χ3n) is 1.95. The molecule has 0 fully saturated rings. The Morgan fingerprint density at radius 3 is 2.94 bits per heavy atom. The van der Waals surface area contributed by atoms with Gasteiger partial charge in [-0.15, -0.1) is 0 Å². The van der Waals surface area contributed by atoms with Crippen LogP contribution in [-0.4, -0.2) is 27.8 Å². The maximum atomic E-state index is 11.8. The molecule has 17 heavy (non-hydrogen) atoms. The SMILES string of the molecule is COc1cc(N)cc(C(=O)Nc2nnns2)c1. The molecule has 2 aromatic rings. The van der Waals surface area contributed by atoms with Crippen molar-refractivity contribution in [2.75, 3.05) is 18.2 Å². The van der Waals surface area contributed by atoms with Crippen molar-refractivity contribution in [2.24, 2.45) is 0 Å². The summed E-state index contributed by atoms with van der Waals surface area (Å²) in [7, 11) is 1.51. The van der Waals surface area contributed by atoms with Gasteiger partial charge in [0, 0.05) is 28.8 Å². The van der Waals surface area contributed by atoms with Crippen molar-refractivity contribution in [3.8, 4) is 5.75 Å². The van der Waals surface area contributed by atoms with Gasteiger partial charge in [-0.05, 0) is 17.3 Å². The first-order valence-electron chi connectivity index (χ1n) is 4.60. The molecule has 0 bridgehead atoms. The molecule has 0 unspecified atom stereocenters. The summed E-state index contributed by atoms with van der Waals surface area (Å²) in [6.45, 7) is 0. The molecule has 1 aromatic heterocycles. The molecular weight excluding hydrogens is 242 g/mol. The van der Waals surface area contributed by atoms with Crippen LogP contribution in [0.25, 0.3) is 0 Å². The highest BCUT2D eigenvalue weighted by Crippen LogP contribution is 2.19. The Balaban J connectivity index is 2.21. The van der Waals surface area contributed by atoms with Crippen molar-refractivity contribution in [3.05, 3.63) is 23.8 Å². The molecule has 0 atom stereocenters. The van der Waals surface area contributed by atoms with Crippen LogP contribution in [0.3, 0.4) is 0 Å². The molecule has 0 saturated carbocycles. The molecule has 88 valence electrons. The number of hydrogen-bond acceptors (Lipinski definition) is 7. The monoisotopic (exact) mass is 251 g/mol. The number of methoxy groups -OCH3 is 1. The van der Waals surface area contributed by atoms with Crippen molar-refractivity contribution in [1.29, 1.82) is 0 Å². The van der Waals surface area contributed by atoms with Crippen LogP contribution >= 0.6 is 11.5 Å². The van der Waals surface area contributed by atoms with Gasteiger partial charge in [-0.25, -0.2) is 0 Å². The Morgan fingerprint density at radius 2 is 2.29 bits per heavy atom. The van der Waals surface area contributed by atoms with Gasteiger partial charge in [-0.1, -0.05) is 9.59 Å². The van der Waals surface area contributed by atoms with E-state index in [4.69, 9.17) is 10.5 Å². The number of nitrogens with one attached hydrogen (secondary N) is 1. The first-order chi connectivity index (χ1) is 8.19. The number of anilines is 2. The predicted octanol–water partition coefficient (Wildman–Crippen LogP) is 0.776.